The van der Waals surface area contributed by atoms with E-state index in [0.717, 1.165) is 22.4 Å². The summed E-state index contributed by atoms with van der Waals surface area (Å²) in [4.78, 5) is 30.0. The van der Waals surface area contributed by atoms with Crippen molar-refractivity contribution in [2.75, 3.05) is 26.2 Å². The highest BCUT2D eigenvalue weighted by Crippen LogP contribution is 2.32. The topological polar surface area (TPSA) is 75.9 Å². The van der Waals surface area contributed by atoms with Crippen LogP contribution in [0.4, 0.5) is 13.2 Å². The molecule has 2 fully saturated rings. The number of nitrogens with two attached hydrogens (primary N) is 1. The predicted octanol–water partition coefficient (Wildman–Crippen LogP) is 3.71. The summed E-state index contributed by atoms with van der Waals surface area (Å²) in [6, 6.07) is 12.8. The molecule has 6 nitrogen and oxygen atoms in total. The van der Waals surface area contributed by atoms with Crippen molar-refractivity contribution < 1.29 is 27.5 Å². The summed E-state index contributed by atoms with van der Waals surface area (Å²) in [5.41, 5.74) is 1.40. The molecule has 33 heavy (non-hydrogen) atoms. The summed E-state index contributed by atoms with van der Waals surface area (Å²) in [6.45, 7) is 2.49. The maximum atomic E-state index is 12.8. The van der Waals surface area contributed by atoms with E-state index in [2.05, 4.69) is 4.74 Å². The van der Waals surface area contributed by atoms with Crippen molar-refractivity contribution >= 4 is 23.8 Å². The number of likely N-dealkylation sites (tertiary alicyclic amines) is 2. The number of hydrogen-bond acceptors (Lipinski definition) is 5. The first kappa shape index (κ1) is 23.4. The summed E-state index contributed by atoms with van der Waals surface area (Å²) in [7, 11) is 0. The number of ether oxygens (including phenoxy) is 1. The third-order valence-electron chi connectivity index (χ3n) is 6.15. The Hall–Kier alpha value is -2.72. The van der Waals surface area contributed by atoms with Crippen LogP contribution in [0.5, 0.6) is 5.75 Å². The van der Waals surface area contributed by atoms with E-state index in [9.17, 15) is 22.8 Å². The fourth-order valence-corrected chi connectivity index (χ4v) is 4.78. The normalized spacial score (nSPS) is 20.1. The number of aryl methyl sites for hydroxylation is 1. The Balaban J connectivity index is 1.24. The number of nitrogens with zero attached hydrogens (tertiary/aromatic N) is 2. The first-order valence-electron chi connectivity index (χ1n) is 10.6. The minimum Gasteiger partial charge on any atom is -0.406 e. The van der Waals surface area contributed by atoms with E-state index in [1.807, 2.05) is 21.9 Å². The molecule has 2 aromatic rings. The number of halogens is 3. The van der Waals surface area contributed by atoms with Crippen molar-refractivity contribution in [2.45, 2.75) is 24.1 Å². The smallest absolute Gasteiger partial charge is 0.406 e. The highest BCUT2D eigenvalue weighted by Gasteiger charge is 2.42. The Morgan fingerprint density at radius 2 is 1.52 bits per heavy atom. The molecule has 0 saturated carbocycles. The molecule has 2 aromatic carbocycles. The molecule has 176 valence electrons. The minimum absolute atomic E-state index is 0.00574. The van der Waals surface area contributed by atoms with Gasteiger partial charge >= 0.3 is 6.36 Å². The second kappa shape index (κ2) is 9.64. The lowest BCUT2D eigenvalue weighted by Crippen LogP contribution is -2.35. The van der Waals surface area contributed by atoms with Crippen LogP contribution in [0, 0.1) is 11.8 Å². The first-order chi connectivity index (χ1) is 15.7. The van der Waals surface area contributed by atoms with Gasteiger partial charge in [0.15, 0.2) is 0 Å². The Bertz CT molecular complexity index is 985. The maximum Gasteiger partial charge on any atom is 0.573 e. The quantitative estimate of drug-likeness (QED) is 0.640. The molecule has 2 saturated heterocycles. The van der Waals surface area contributed by atoms with Crippen molar-refractivity contribution in [2.24, 2.45) is 17.0 Å². The molecule has 0 unspecified atom stereocenters. The monoisotopic (exact) mass is 479 g/mol. The van der Waals surface area contributed by atoms with Gasteiger partial charge in [0.2, 0.25) is 5.91 Å². The molecule has 2 amide bonds. The van der Waals surface area contributed by atoms with Gasteiger partial charge in [0.25, 0.3) is 5.91 Å². The standard InChI is InChI=1S/C23H24F3N3O3S/c24-23(25,26)32-19-6-1-15(2-7-19)3-10-21(30)28-11-17-13-29(14-18(17)12-28)22(31)16-4-8-20(33-27)9-5-16/h1-2,4-9,17-18H,3,10-14,27H2/t17-,18+. The maximum absolute atomic E-state index is 12.8. The summed E-state index contributed by atoms with van der Waals surface area (Å²) < 4.78 is 40.6. The first-order valence-corrected chi connectivity index (χ1v) is 11.5. The summed E-state index contributed by atoms with van der Waals surface area (Å²) >= 11 is 1.13. The minimum atomic E-state index is -4.72. The summed E-state index contributed by atoms with van der Waals surface area (Å²) in [5.74, 6) is 0.256. The second-order valence-corrected chi connectivity index (χ2v) is 9.07. The van der Waals surface area contributed by atoms with Gasteiger partial charge < -0.3 is 14.5 Å². The molecule has 2 heterocycles. The Morgan fingerprint density at radius 1 is 0.939 bits per heavy atom. The van der Waals surface area contributed by atoms with Crippen LogP contribution in [0.1, 0.15) is 22.3 Å². The van der Waals surface area contributed by atoms with Crippen LogP contribution in [-0.2, 0) is 11.2 Å². The van der Waals surface area contributed by atoms with Crippen molar-refractivity contribution in [1.82, 2.24) is 9.80 Å². The summed E-state index contributed by atoms with van der Waals surface area (Å²) in [6.07, 6.45) is -3.99. The third kappa shape index (κ3) is 5.80. The highest BCUT2D eigenvalue weighted by molar-refractivity contribution is 7.97. The van der Waals surface area contributed by atoms with E-state index < -0.39 is 6.36 Å². The van der Waals surface area contributed by atoms with Gasteiger partial charge in [0, 0.05) is 54.9 Å². The van der Waals surface area contributed by atoms with Crippen LogP contribution in [0.3, 0.4) is 0 Å². The average molecular weight is 480 g/mol. The molecule has 2 N–H and O–H groups in total. The second-order valence-electron chi connectivity index (χ2n) is 8.36. The van der Waals surface area contributed by atoms with E-state index in [1.165, 1.54) is 24.3 Å². The number of amides is 2. The van der Waals surface area contributed by atoms with Crippen LogP contribution in [-0.4, -0.2) is 54.2 Å². The lowest BCUT2D eigenvalue weighted by molar-refractivity contribution is -0.274. The number of alkyl halides is 3. The fourth-order valence-electron chi connectivity index (χ4n) is 4.49. The highest BCUT2D eigenvalue weighted by atomic mass is 32.2. The molecule has 2 atom stereocenters. The third-order valence-corrected chi connectivity index (χ3v) is 6.69. The van der Waals surface area contributed by atoms with Gasteiger partial charge in [-0.15, -0.1) is 13.2 Å². The molecule has 2 aliphatic rings. The van der Waals surface area contributed by atoms with Gasteiger partial charge in [-0.1, -0.05) is 12.1 Å². The molecule has 2 aliphatic heterocycles. The number of hydrogen-bond donors (Lipinski definition) is 1. The van der Waals surface area contributed by atoms with Gasteiger partial charge in [-0.05, 0) is 60.3 Å². The zero-order valence-electron chi connectivity index (χ0n) is 17.8. The fraction of sp³-hybridized carbons (Fsp3) is 0.391. The predicted molar refractivity (Wildman–Crippen MR) is 117 cm³/mol. The zero-order valence-corrected chi connectivity index (χ0v) is 18.6. The van der Waals surface area contributed by atoms with Crippen molar-refractivity contribution in [3.8, 4) is 5.75 Å². The number of rotatable bonds is 6. The molecular formula is C23H24F3N3O3S. The molecule has 0 bridgehead atoms. The van der Waals surface area contributed by atoms with E-state index >= 15 is 0 Å². The SMILES string of the molecule is NSc1ccc(C(=O)N2C[C@H]3CN(C(=O)CCc4ccc(OC(F)(F)F)cc4)C[C@H]3C2)cc1. The Kier molecular flexibility index (Phi) is 6.85. The van der Waals surface area contributed by atoms with Crippen LogP contribution < -0.4 is 9.88 Å². The number of benzene rings is 2. The van der Waals surface area contributed by atoms with Gasteiger partial charge in [0.05, 0.1) is 0 Å². The number of carbonyl (C=O) groups is 2. The average Bonchev–Trinajstić information content (AvgIpc) is 3.36. The number of fused-ring (bicyclic) bond motifs is 1. The number of carbonyl (C=O) groups excluding carboxylic acids is 2. The molecule has 4 rings (SSSR count). The molecule has 0 aromatic heterocycles. The van der Waals surface area contributed by atoms with Gasteiger partial charge in [-0.3, -0.25) is 14.7 Å². The van der Waals surface area contributed by atoms with Gasteiger partial charge in [-0.2, -0.15) is 0 Å². The van der Waals surface area contributed by atoms with Crippen molar-refractivity contribution in [1.29, 1.82) is 0 Å². The lowest BCUT2D eigenvalue weighted by Gasteiger charge is -2.22. The zero-order chi connectivity index (χ0) is 23.6. The van der Waals surface area contributed by atoms with Crippen LogP contribution >= 0.6 is 11.9 Å². The molecule has 10 heteroatoms. The van der Waals surface area contributed by atoms with E-state index in [4.69, 9.17) is 5.14 Å². The largest absolute Gasteiger partial charge is 0.573 e. The molecule has 0 radical (unpaired) electrons. The van der Waals surface area contributed by atoms with Crippen LogP contribution in [0.2, 0.25) is 0 Å². The Labute approximate surface area is 194 Å². The van der Waals surface area contributed by atoms with Crippen LogP contribution in [0.25, 0.3) is 0 Å². The van der Waals surface area contributed by atoms with Crippen LogP contribution in [0.15, 0.2) is 53.4 Å². The van der Waals surface area contributed by atoms with E-state index in [1.54, 1.807) is 12.1 Å². The van der Waals surface area contributed by atoms with Crippen molar-refractivity contribution in [3.05, 3.63) is 59.7 Å². The van der Waals surface area contributed by atoms with E-state index in [-0.39, 0.29) is 35.8 Å². The summed E-state index contributed by atoms with van der Waals surface area (Å²) in [5, 5.41) is 5.52. The molecule has 0 aliphatic carbocycles. The van der Waals surface area contributed by atoms with Gasteiger partial charge in [-0.25, -0.2) is 0 Å². The Morgan fingerprint density at radius 3 is 2.06 bits per heavy atom. The van der Waals surface area contributed by atoms with Gasteiger partial charge in [0.1, 0.15) is 5.75 Å². The molecular weight excluding hydrogens is 455 g/mol. The van der Waals surface area contributed by atoms with E-state index in [0.29, 0.717) is 38.2 Å². The lowest BCUT2D eigenvalue weighted by atomic mass is 10.0. The van der Waals surface area contributed by atoms with Crippen molar-refractivity contribution in [3.63, 3.8) is 0 Å². The molecule has 0 spiro atoms.